The standard InChI is InChI=1S/C16H18O/c1-13(17)11-12-15-9-5-6-10-16(15)14-7-3-2-4-8-14/h2-4,7-9,11-12,16H,5-6,10H2,1H3. The number of benzene rings is 1. The van der Waals surface area contributed by atoms with Crippen LogP contribution in [0.4, 0.5) is 0 Å². The molecule has 1 aromatic rings. The molecule has 0 N–H and O–H groups in total. The molecule has 0 fully saturated rings. The van der Waals surface area contributed by atoms with E-state index in [0.29, 0.717) is 5.92 Å². The van der Waals surface area contributed by atoms with Crippen molar-refractivity contribution in [2.45, 2.75) is 32.1 Å². The zero-order valence-corrected chi connectivity index (χ0v) is 10.2. The highest BCUT2D eigenvalue weighted by Crippen LogP contribution is 2.34. The lowest BCUT2D eigenvalue weighted by molar-refractivity contribution is -0.112. The fourth-order valence-corrected chi connectivity index (χ4v) is 2.34. The molecule has 0 bridgehead atoms. The van der Waals surface area contributed by atoms with Crippen LogP contribution in [0.2, 0.25) is 0 Å². The average Bonchev–Trinajstić information content (AvgIpc) is 2.38. The minimum atomic E-state index is 0.114. The van der Waals surface area contributed by atoms with Gasteiger partial charge in [-0.1, -0.05) is 42.5 Å². The summed E-state index contributed by atoms with van der Waals surface area (Å²) in [7, 11) is 0. The van der Waals surface area contributed by atoms with E-state index in [4.69, 9.17) is 0 Å². The second-order valence-corrected chi connectivity index (χ2v) is 4.54. The third-order valence-electron chi connectivity index (χ3n) is 3.19. The van der Waals surface area contributed by atoms with E-state index in [-0.39, 0.29) is 5.78 Å². The van der Waals surface area contributed by atoms with Crippen molar-refractivity contribution in [3.8, 4) is 0 Å². The van der Waals surface area contributed by atoms with E-state index in [9.17, 15) is 4.79 Å². The van der Waals surface area contributed by atoms with E-state index >= 15 is 0 Å². The molecule has 1 nitrogen and oxygen atoms in total. The van der Waals surface area contributed by atoms with Gasteiger partial charge in [0.25, 0.3) is 0 Å². The molecule has 1 heteroatoms. The topological polar surface area (TPSA) is 17.1 Å². The molecule has 88 valence electrons. The SMILES string of the molecule is CC(=O)C=CC1=CCCCC1c1ccccc1. The number of rotatable bonds is 3. The normalized spacial score (nSPS) is 20.3. The lowest BCUT2D eigenvalue weighted by atomic mass is 9.82. The van der Waals surface area contributed by atoms with E-state index in [2.05, 4.69) is 30.3 Å². The van der Waals surface area contributed by atoms with Crippen molar-refractivity contribution in [3.05, 3.63) is 59.7 Å². The second-order valence-electron chi connectivity index (χ2n) is 4.54. The fraction of sp³-hybridized carbons (Fsp3) is 0.312. The summed E-state index contributed by atoms with van der Waals surface area (Å²) in [5.41, 5.74) is 2.64. The van der Waals surface area contributed by atoms with Crippen LogP contribution in [-0.4, -0.2) is 5.78 Å². The van der Waals surface area contributed by atoms with E-state index in [1.165, 1.54) is 24.0 Å². The van der Waals surface area contributed by atoms with Gasteiger partial charge in [0.2, 0.25) is 0 Å². The first-order valence-electron chi connectivity index (χ1n) is 6.21. The van der Waals surface area contributed by atoms with Crippen molar-refractivity contribution in [1.82, 2.24) is 0 Å². The molecule has 17 heavy (non-hydrogen) atoms. The zero-order valence-electron chi connectivity index (χ0n) is 10.2. The third-order valence-corrected chi connectivity index (χ3v) is 3.19. The summed E-state index contributed by atoms with van der Waals surface area (Å²) in [6, 6.07) is 10.5. The van der Waals surface area contributed by atoms with Crippen LogP contribution in [0, 0.1) is 0 Å². The maximum absolute atomic E-state index is 11.0. The Morgan fingerprint density at radius 3 is 2.76 bits per heavy atom. The van der Waals surface area contributed by atoms with Crippen LogP contribution in [0.1, 0.15) is 37.7 Å². The molecule has 0 aromatic heterocycles. The van der Waals surface area contributed by atoms with Crippen LogP contribution in [0.3, 0.4) is 0 Å². The molecule has 1 unspecified atom stereocenters. The van der Waals surface area contributed by atoms with E-state index < -0.39 is 0 Å². The van der Waals surface area contributed by atoms with Crippen LogP contribution in [0.5, 0.6) is 0 Å². The van der Waals surface area contributed by atoms with Crippen LogP contribution >= 0.6 is 0 Å². The Morgan fingerprint density at radius 2 is 2.06 bits per heavy atom. The van der Waals surface area contributed by atoms with E-state index in [0.717, 1.165) is 6.42 Å². The number of carbonyl (C=O) groups is 1. The second kappa shape index (κ2) is 5.62. The van der Waals surface area contributed by atoms with Crippen molar-refractivity contribution in [2.75, 3.05) is 0 Å². The smallest absolute Gasteiger partial charge is 0.152 e. The molecule has 1 aliphatic carbocycles. The summed E-state index contributed by atoms with van der Waals surface area (Å²) in [5.74, 6) is 0.573. The van der Waals surface area contributed by atoms with Gasteiger partial charge in [-0.05, 0) is 43.4 Å². The summed E-state index contributed by atoms with van der Waals surface area (Å²) >= 11 is 0. The Kier molecular flexibility index (Phi) is 3.92. The Labute approximate surface area is 103 Å². The third kappa shape index (κ3) is 3.16. The van der Waals surface area contributed by atoms with Crippen LogP contribution in [-0.2, 0) is 4.79 Å². The molecule has 1 aromatic carbocycles. The monoisotopic (exact) mass is 226 g/mol. The highest BCUT2D eigenvalue weighted by atomic mass is 16.1. The summed E-state index contributed by atoms with van der Waals surface area (Å²) in [6.45, 7) is 1.59. The predicted octanol–water partition coefficient (Wildman–Crippen LogP) is 4.03. The maximum atomic E-state index is 11.0. The number of hydrogen-bond acceptors (Lipinski definition) is 1. The first-order valence-corrected chi connectivity index (χ1v) is 6.21. The Bertz CT molecular complexity index is 440. The van der Waals surface area contributed by atoms with Gasteiger partial charge in [0.05, 0.1) is 0 Å². The molecule has 2 rings (SSSR count). The van der Waals surface area contributed by atoms with Gasteiger partial charge >= 0.3 is 0 Å². The van der Waals surface area contributed by atoms with Gasteiger partial charge in [0.15, 0.2) is 5.78 Å². The summed E-state index contributed by atoms with van der Waals surface area (Å²) in [6.07, 6.45) is 9.46. The van der Waals surface area contributed by atoms with Gasteiger partial charge in [-0.25, -0.2) is 0 Å². The van der Waals surface area contributed by atoms with Gasteiger partial charge in [-0.3, -0.25) is 4.79 Å². The average molecular weight is 226 g/mol. The summed E-state index contributed by atoms with van der Waals surface area (Å²) in [5, 5.41) is 0. The van der Waals surface area contributed by atoms with E-state index in [1.807, 2.05) is 12.1 Å². The number of carbonyl (C=O) groups excluding carboxylic acids is 1. The first-order chi connectivity index (χ1) is 8.27. The molecule has 0 spiro atoms. The number of hydrogen-bond donors (Lipinski definition) is 0. The Morgan fingerprint density at radius 1 is 1.29 bits per heavy atom. The molecule has 0 heterocycles. The van der Waals surface area contributed by atoms with Crippen LogP contribution in [0.25, 0.3) is 0 Å². The maximum Gasteiger partial charge on any atom is 0.152 e. The van der Waals surface area contributed by atoms with Crippen molar-refractivity contribution < 1.29 is 4.79 Å². The minimum absolute atomic E-state index is 0.114. The first kappa shape index (κ1) is 11.8. The van der Waals surface area contributed by atoms with E-state index in [1.54, 1.807) is 13.0 Å². The predicted molar refractivity (Wildman–Crippen MR) is 70.9 cm³/mol. The molecule has 1 atom stereocenters. The van der Waals surface area contributed by atoms with Gasteiger partial charge in [-0.2, -0.15) is 0 Å². The van der Waals surface area contributed by atoms with Crippen molar-refractivity contribution >= 4 is 5.78 Å². The molecule has 0 saturated heterocycles. The van der Waals surface area contributed by atoms with Crippen LogP contribution < -0.4 is 0 Å². The molecule has 0 aliphatic heterocycles. The summed E-state index contributed by atoms with van der Waals surface area (Å²) < 4.78 is 0. The molecular formula is C16H18O. The van der Waals surface area contributed by atoms with Gasteiger partial charge in [0.1, 0.15) is 0 Å². The van der Waals surface area contributed by atoms with Gasteiger partial charge in [0, 0.05) is 5.92 Å². The zero-order chi connectivity index (χ0) is 12.1. The Balaban J connectivity index is 2.23. The molecule has 0 saturated carbocycles. The number of ketones is 1. The van der Waals surface area contributed by atoms with Crippen molar-refractivity contribution in [2.24, 2.45) is 0 Å². The van der Waals surface area contributed by atoms with Crippen LogP contribution in [0.15, 0.2) is 54.1 Å². The summed E-state index contributed by atoms with van der Waals surface area (Å²) in [4.78, 5) is 11.0. The van der Waals surface area contributed by atoms with Crippen molar-refractivity contribution in [3.63, 3.8) is 0 Å². The highest BCUT2D eigenvalue weighted by molar-refractivity contribution is 5.87. The molecule has 0 amide bonds. The van der Waals surface area contributed by atoms with Gasteiger partial charge in [-0.15, -0.1) is 0 Å². The largest absolute Gasteiger partial charge is 0.295 e. The molecular weight excluding hydrogens is 208 g/mol. The molecule has 0 radical (unpaired) electrons. The highest BCUT2D eigenvalue weighted by Gasteiger charge is 2.17. The lowest BCUT2D eigenvalue weighted by Crippen LogP contribution is -2.05. The van der Waals surface area contributed by atoms with Gasteiger partial charge < -0.3 is 0 Å². The lowest BCUT2D eigenvalue weighted by Gasteiger charge is -2.22. The Hall–Kier alpha value is -1.63. The number of allylic oxidation sites excluding steroid dienone is 4. The quantitative estimate of drug-likeness (QED) is 0.711. The fourth-order valence-electron chi connectivity index (χ4n) is 2.34. The molecule has 1 aliphatic rings. The van der Waals surface area contributed by atoms with Crippen molar-refractivity contribution in [1.29, 1.82) is 0 Å². The minimum Gasteiger partial charge on any atom is -0.295 e.